The molecule has 1 aliphatic rings. The summed E-state index contributed by atoms with van der Waals surface area (Å²) in [6.07, 6.45) is 6.43. The summed E-state index contributed by atoms with van der Waals surface area (Å²) >= 11 is 0. The van der Waals surface area contributed by atoms with E-state index in [1.54, 1.807) is 24.3 Å². The number of carbonyl (C=O) groups is 1. The van der Waals surface area contributed by atoms with Gasteiger partial charge in [0.1, 0.15) is 5.75 Å². The van der Waals surface area contributed by atoms with Crippen LogP contribution < -0.4 is 11.1 Å². The molecule has 1 aromatic rings. The van der Waals surface area contributed by atoms with Crippen LogP contribution in [0, 0.1) is 5.92 Å². The number of amides is 1. The van der Waals surface area contributed by atoms with E-state index in [2.05, 4.69) is 12.2 Å². The number of phenolic OH excluding ortho intramolecular Hbond substituents is 1. The molecule has 3 unspecified atom stereocenters. The van der Waals surface area contributed by atoms with Crippen LogP contribution in [0.2, 0.25) is 0 Å². The first-order chi connectivity index (χ1) is 10.1. The summed E-state index contributed by atoms with van der Waals surface area (Å²) in [7, 11) is 0. The van der Waals surface area contributed by atoms with Gasteiger partial charge in [-0.1, -0.05) is 38.3 Å². The molecule has 1 fully saturated rings. The monoisotopic (exact) mass is 290 g/mol. The lowest BCUT2D eigenvalue weighted by Gasteiger charge is -2.24. The molecule has 21 heavy (non-hydrogen) atoms. The van der Waals surface area contributed by atoms with E-state index in [-0.39, 0.29) is 17.7 Å². The average Bonchev–Trinajstić information content (AvgIpc) is 2.66. The van der Waals surface area contributed by atoms with Crippen molar-refractivity contribution in [1.29, 1.82) is 0 Å². The SMILES string of the molecule is CC1CCCCCC1NC(=O)C(N)Cc1ccc(O)cc1. The molecule has 0 heterocycles. The van der Waals surface area contributed by atoms with Crippen molar-refractivity contribution in [2.45, 2.75) is 57.5 Å². The highest BCUT2D eigenvalue weighted by Gasteiger charge is 2.24. The third kappa shape index (κ3) is 4.74. The Kier molecular flexibility index (Phi) is 5.62. The molecule has 116 valence electrons. The Morgan fingerprint density at radius 1 is 1.29 bits per heavy atom. The van der Waals surface area contributed by atoms with Gasteiger partial charge in [-0.2, -0.15) is 0 Å². The zero-order chi connectivity index (χ0) is 15.2. The van der Waals surface area contributed by atoms with Crippen LogP contribution in [0.3, 0.4) is 0 Å². The molecular formula is C17H26N2O2. The summed E-state index contributed by atoms with van der Waals surface area (Å²) in [5.41, 5.74) is 6.98. The zero-order valence-corrected chi connectivity index (χ0v) is 12.7. The van der Waals surface area contributed by atoms with E-state index < -0.39 is 6.04 Å². The van der Waals surface area contributed by atoms with E-state index in [1.165, 1.54) is 25.7 Å². The number of hydrogen-bond donors (Lipinski definition) is 3. The zero-order valence-electron chi connectivity index (χ0n) is 12.7. The summed E-state index contributed by atoms with van der Waals surface area (Å²) in [4.78, 5) is 12.3. The van der Waals surface area contributed by atoms with Crippen molar-refractivity contribution >= 4 is 5.91 Å². The van der Waals surface area contributed by atoms with Gasteiger partial charge in [-0.3, -0.25) is 4.79 Å². The second-order valence-corrected chi connectivity index (χ2v) is 6.21. The first-order valence-electron chi connectivity index (χ1n) is 7.90. The number of carbonyl (C=O) groups excluding carboxylic acids is 1. The van der Waals surface area contributed by atoms with E-state index in [0.29, 0.717) is 12.3 Å². The van der Waals surface area contributed by atoms with Crippen LogP contribution in [0.1, 0.15) is 44.6 Å². The van der Waals surface area contributed by atoms with Crippen molar-refractivity contribution in [2.24, 2.45) is 11.7 Å². The maximum atomic E-state index is 12.3. The first-order valence-corrected chi connectivity index (χ1v) is 7.90. The molecule has 2 rings (SSSR count). The van der Waals surface area contributed by atoms with Crippen LogP contribution in [0.15, 0.2) is 24.3 Å². The van der Waals surface area contributed by atoms with Crippen molar-refractivity contribution in [3.05, 3.63) is 29.8 Å². The Bertz CT molecular complexity index is 458. The number of nitrogens with one attached hydrogen (secondary N) is 1. The largest absolute Gasteiger partial charge is 0.508 e. The fraction of sp³-hybridized carbons (Fsp3) is 0.588. The number of nitrogens with two attached hydrogens (primary N) is 1. The predicted octanol–water partition coefficient (Wildman–Crippen LogP) is 2.35. The molecule has 3 atom stereocenters. The van der Waals surface area contributed by atoms with E-state index in [0.717, 1.165) is 12.0 Å². The molecule has 1 saturated carbocycles. The highest BCUT2D eigenvalue weighted by molar-refractivity contribution is 5.82. The fourth-order valence-electron chi connectivity index (χ4n) is 2.98. The van der Waals surface area contributed by atoms with Gasteiger partial charge in [-0.15, -0.1) is 0 Å². The van der Waals surface area contributed by atoms with Gasteiger partial charge in [0.15, 0.2) is 0 Å². The highest BCUT2D eigenvalue weighted by atomic mass is 16.3. The molecule has 0 radical (unpaired) electrons. The lowest BCUT2D eigenvalue weighted by atomic mass is 9.96. The van der Waals surface area contributed by atoms with Gasteiger partial charge in [-0.25, -0.2) is 0 Å². The molecule has 4 nitrogen and oxygen atoms in total. The highest BCUT2D eigenvalue weighted by Crippen LogP contribution is 2.23. The normalized spacial score (nSPS) is 24.1. The van der Waals surface area contributed by atoms with Crippen LogP contribution in [-0.2, 0) is 11.2 Å². The number of aromatic hydroxyl groups is 1. The summed E-state index contributed by atoms with van der Waals surface area (Å²) in [5, 5.41) is 12.4. The van der Waals surface area contributed by atoms with E-state index in [9.17, 15) is 9.90 Å². The standard InChI is InChI=1S/C17H26N2O2/c1-12-5-3-2-4-6-16(12)19-17(21)15(18)11-13-7-9-14(20)10-8-13/h7-10,12,15-16,20H,2-6,11,18H2,1H3,(H,19,21). The minimum atomic E-state index is -0.537. The van der Waals surface area contributed by atoms with Crippen molar-refractivity contribution < 1.29 is 9.90 Å². The number of benzene rings is 1. The molecule has 0 saturated heterocycles. The molecule has 0 aromatic heterocycles. The van der Waals surface area contributed by atoms with E-state index in [4.69, 9.17) is 5.73 Å². The minimum Gasteiger partial charge on any atom is -0.508 e. The Hall–Kier alpha value is -1.55. The Balaban J connectivity index is 1.88. The number of rotatable bonds is 4. The Morgan fingerprint density at radius 2 is 1.95 bits per heavy atom. The molecule has 4 N–H and O–H groups in total. The second-order valence-electron chi connectivity index (χ2n) is 6.21. The van der Waals surface area contributed by atoms with Gasteiger partial charge in [0, 0.05) is 6.04 Å². The first kappa shape index (κ1) is 15.8. The van der Waals surface area contributed by atoms with Crippen molar-refractivity contribution in [1.82, 2.24) is 5.32 Å². The maximum Gasteiger partial charge on any atom is 0.237 e. The van der Waals surface area contributed by atoms with Gasteiger partial charge in [0.25, 0.3) is 0 Å². The molecule has 0 aliphatic heterocycles. The van der Waals surface area contributed by atoms with Gasteiger partial charge >= 0.3 is 0 Å². The maximum absolute atomic E-state index is 12.3. The lowest BCUT2D eigenvalue weighted by Crippen LogP contribution is -2.48. The number of phenols is 1. The third-order valence-electron chi connectivity index (χ3n) is 4.42. The van der Waals surface area contributed by atoms with Crippen LogP contribution in [0.5, 0.6) is 5.75 Å². The molecule has 0 spiro atoms. The van der Waals surface area contributed by atoms with Crippen LogP contribution in [0.4, 0.5) is 0 Å². The van der Waals surface area contributed by atoms with Crippen molar-refractivity contribution in [3.8, 4) is 5.75 Å². The van der Waals surface area contributed by atoms with E-state index >= 15 is 0 Å². The summed E-state index contributed by atoms with van der Waals surface area (Å²) < 4.78 is 0. The van der Waals surface area contributed by atoms with Gasteiger partial charge < -0.3 is 16.2 Å². The molecule has 0 bridgehead atoms. The second kappa shape index (κ2) is 7.46. The van der Waals surface area contributed by atoms with Crippen LogP contribution in [0.25, 0.3) is 0 Å². The predicted molar refractivity (Wildman–Crippen MR) is 84.0 cm³/mol. The molecule has 1 aliphatic carbocycles. The van der Waals surface area contributed by atoms with Crippen LogP contribution in [-0.4, -0.2) is 23.1 Å². The summed E-state index contributed by atoms with van der Waals surface area (Å²) in [5.74, 6) is 0.684. The smallest absolute Gasteiger partial charge is 0.237 e. The van der Waals surface area contributed by atoms with Gasteiger partial charge in [0.05, 0.1) is 6.04 Å². The molecule has 4 heteroatoms. The number of hydrogen-bond acceptors (Lipinski definition) is 3. The quantitative estimate of drug-likeness (QED) is 0.745. The minimum absolute atomic E-state index is 0.0678. The topological polar surface area (TPSA) is 75.4 Å². The van der Waals surface area contributed by atoms with Crippen molar-refractivity contribution in [3.63, 3.8) is 0 Å². The molecule has 1 amide bonds. The Morgan fingerprint density at radius 3 is 2.67 bits per heavy atom. The van der Waals surface area contributed by atoms with Gasteiger partial charge in [-0.05, 0) is 42.9 Å². The third-order valence-corrected chi connectivity index (χ3v) is 4.42. The Labute approximate surface area is 126 Å². The summed E-state index contributed by atoms with van der Waals surface area (Å²) in [6.45, 7) is 2.21. The van der Waals surface area contributed by atoms with Gasteiger partial charge in [0.2, 0.25) is 5.91 Å². The van der Waals surface area contributed by atoms with E-state index in [1.807, 2.05) is 0 Å². The molecule has 1 aromatic carbocycles. The summed E-state index contributed by atoms with van der Waals surface area (Å²) in [6, 6.07) is 6.56. The van der Waals surface area contributed by atoms with Crippen LogP contribution >= 0.6 is 0 Å². The molecular weight excluding hydrogens is 264 g/mol. The lowest BCUT2D eigenvalue weighted by molar-refractivity contribution is -0.123. The van der Waals surface area contributed by atoms with Crippen molar-refractivity contribution in [2.75, 3.05) is 0 Å². The fourth-order valence-corrected chi connectivity index (χ4v) is 2.98. The average molecular weight is 290 g/mol.